The third kappa shape index (κ3) is 57.2. The molecule has 0 aliphatic rings. The lowest BCUT2D eigenvalue weighted by Gasteiger charge is -2.21. The summed E-state index contributed by atoms with van der Waals surface area (Å²) in [6.07, 6.45) is 37.5. The molecule has 0 aromatic carbocycles. The molecule has 0 aliphatic carbocycles. The number of phosphoric acid groups is 2. The fourth-order valence-electron chi connectivity index (χ4n) is 9.86. The first-order valence-electron chi connectivity index (χ1n) is 34.8. The van der Waals surface area contributed by atoms with Crippen LogP contribution in [0.4, 0.5) is 0 Å². The number of hydrogen-bond donors (Lipinski definition) is 3. The molecule has 0 rings (SSSR count). The number of hydrogen-bond acceptors (Lipinski definition) is 15. The molecule has 19 heteroatoms. The Morgan fingerprint density at radius 2 is 0.558 bits per heavy atom. The van der Waals surface area contributed by atoms with E-state index in [-0.39, 0.29) is 25.7 Å². The van der Waals surface area contributed by atoms with Crippen molar-refractivity contribution in [1.29, 1.82) is 0 Å². The van der Waals surface area contributed by atoms with Crippen molar-refractivity contribution < 1.29 is 80.2 Å². The van der Waals surface area contributed by atoms with E-state index in [1.807, 2.05) is 0 Å². The van der Waals surface area contributed by atoms with Crippen LogP contribution in [-0.4, -0.2) is 96.7 Å². The van der Waals surface area contributed by atoms with Crippen LogP contribution < -0.4 is 0 Å². The molecule has 86 heavy (non-hydrogen) atoms. The number of esters is 4. The van der Waals surface area contributed by atoms with Crippen molar-refractivity contribution in [1.82, 2.24) is 0 Å². The predicted octanol–water partition coefficient (Wildman–Crippen LogP) is 18.5. The van der Waals surface area contributed by atoms with Crippen molar-refractivity contribution in [2.24, 2.45) is 23.7 Å². The maximum Gasteiger partial charge on any atom is 0.472 e. The lowest BCUT2D eigenvalue weighted by molar-refractivity contribution is -0.161. The lowest BCUT2D eigenvalue weighted by Crippen LogP contribution is -2.30. The summed E-state index contributed by atoms with van der Waals surface area (Å²) in [6.45, 7) is 14.0. The summed E-state index contributed by atoms with van der Waals surface area (Å²) in [4.78, 5) is 72.4. The molecule has 0 fully saturated rings. The molecule has 3 N–H and O–H groups in total. The maximum atomic E-state index is 13.0. The third-order valence-electron chi connectivity index (χ3n) is 16.4. The van der Waals surface area contributed by atoms with Gasteiger partial charge in [-0.2, -0.15) is 0 Å². The lowest BCUT2D eigenvalue weighted by atomic mass is 9.99. The van der Waals surface area contributed by atoms with Gasteiger partial charge in [-0.25, -0.2) is 9.13 Å². The summed E-state index contributed by atoms with van der Waals surface area (Å²) in [6, 6.07) is 0. The molecule has 0 aliphatic heterocycles. The molecule has 0 heterocycles. The van der Waals surface area contributed by atoms with E-state index < -0.39 is 97.5 Å². The van der Waals surface area contributed by atoms with Gasteiger partial charge < -0.3 is 33.8 Å². The van der Waals surface area contributed by atoms with Crippen LogP contribution in [0.25, 0.3) is 0 Å². The van der Waals surface area contributed by atoms with Crippen LogP contribution in [0.15, 0.2) is 0 Å². The molecule has 0 bridgehead atoms. The smallest absolute Gasteiger partial charge is 0.462 e. The molecular weight excluding hydrogens is 1140 g/mol. The van der Waals surface area contributed by atoms with Gasteiger partial charge in [-0.1, -0.05) is 274 Å². The number of rotatable bonds is 64. The second-order valence-corrected chi connectivity index (χ2v) is 28.3. The van der Waals surface area contributed by atoms with Gasteiger partial charge in [0, 0.05) is 25.7 Å². The largest absolute Gasteiger partial charge is 0.472 e. The van der Waals surface area contributed by atoms with Gasteiger partial charge in [-0.3, -0.25) is 37.3 Å². The van der Waals surface area contributed by atoms with Gasteiger partial charge in [-0.05, 0) is 49.4 Å². The number of carbonyl (C=O) groups excluding carboxylic acids is 4. The first kappa shape index (κ1) is 84.1. The Morgan fingerprint density at radius 3 is 0.826 bits per heavy atom. The van der Waals surface area contributed by atoms with Gasteiger partial charge in [0.15, 0.2) is 12.2 Å². The van der Waals surface area contributed by atoms with Crippen LogP contribution in [0.1, 0.15) is 325 Å². The van der Waals surface area contributed by atoms with Crippen LogP contribution in [0.5, 0.6) is 0 Å². The second-order valence-electron chi connectivity index (χ2n) is 25.4. The first-order chi connectivity index (χ1) is 41.2. The van der Waals surface area contributed by atoms with Gasteiger partial charge >= 0.3 is 39.5 Å². The van der Waals surface area contributed by atoms with Gasteiger partial charge in [0.2, 0.25) is 0 Å². The minimum absolute atomic E-state index is 0.102. The van der Waals surface area contributed by atoms with E-state index in [2.05, 4.69) is 55.4 Å². The standard InChI is InChI=1S/C67H130O17P2/c1-9-58(6)44-36-28-20-14-12-13-15-23-33-41-49-66(71)83-62(53-78-65(70)48-40-32-24-18-19-27-35-43-57(4)5)55-81-85(73,74)79-51-61(68)52-80-86(75,76)82-56-63(84-67(72)50-42-34-26-25-30-38-46-60(8)11-3)54-77-64(69)47-39-31-22-17-16-21-29-37-45-59(7)10-2/h57-63,68H,9-56H2,1-8H3,(H,73,74)(H,75,76)/t58?,59?,60?,61?,62-,63-/m1/s1. The molecular formula is C67H130O17P2. The summed E-state index contributed by atoms with van der Waals surface area (Å²) in [7, 11) is -9.90. The van der Waals surface area contributed by atoms with E-state index in [0.29, 0.717) is 31.6 Å². The van der Waals surface area contributed by atoms with Gasteiger partial charge in [-0.15, -0.1) is 0 Å². The van der Waals surface area contributed by atoms with E-state index in [1.165, 1.54) is 122 Å². The van der Waals surface area contributed by atoms with E-state index in [1.54, 1.807) is 0 Å². The van der Waals surface area contributed by atoms with E-state index in [9.17, 15) is 43.2 Å². The average Bonchev–Trinajstić information content (AvgIpc) is 3.67. The minimum Gasteiger partial charge on any atom is -0.462 e. The molecule has 0 saturated carbocycles. The van der Waals surface area contributed by atoms with E-state index in [0.717, 1.165) is 114 Å². The van der Waals surface area contributed by atoms with Crippen molar-refractivity contribution in [3.05, 3.63) is 0 Å². The number of phosphoric ester groups is 2. The van der Waals surface area contributed by atoms with Gasteiger partial charge in [0.1, 0.15) is 19.3 Å². The highest BCUT2D eigenvalue weighted by Gasteiger charge is 2.30. The Bertz CT molecular complexity index is 1720. The Hall–Kier alpha value is -1.94. The maximum absolute atomic E-state index is 13.0. The highest BCUT2D eigenvalue weighted by atomic mass is 31.2. The summed E-state index contributed by atoms with van der Waals surface area (Å²) in [5, 5.41) is 10.6. The fraction of sp³-hybridized carbons (Fsp3) is 0.940. The quantitative estimate of drug-likeness (QED) is 0.0222. The third-order valence-corrected chi connectivity index (χ3v) is 18.3. The number of unbranched alkanes of at least 4 members (excludes halogenated alkanes) is 27. The normalized spacial score (nSPS) is 15.3. The van der Waals surface area contributed by atoms with Crippen molar-refractivity contribution >= 4 is 39.5 Å². The van der Waals surface area contributed by atoms with Crippen LogP contribution in [-0.2, 0) is 65.4 Å². The number of aliphatic hydroxyl groups is 1. The zero-order valence-electron chi connectivity index (χ0n) is 55.9. The molecule has 8 atom stereocenters. The van der Waals surface area contributed by atoms with Crippen molar-refractivity contribution in [3.8, 4) is 0 Å². The molecule has 0 aromatic rings. The van der Waals surface area contributed by atoms with Gasteiger partial charge in [0.05, 0.1) is 26.4 Å². The van der Waals surface area contributed by atoms with Crippen molar-refractivity contribution in [2.75, 3.05) is 39.6 Å². The molecule has 0 aromatic heterocycles. The average molecular weight is 1270 g/mol. The molecule has 6 unspecified atom stereocenters. The first-order valence-corrected chi connectivity index (χ1v) is 37.8. The van der Waals surface area contributed by atoms with Gasteiger partial charge in [0.25, 0.3) is 0 Å². The Morgan fingerprint density at radius 1 is 0.326 bits per heavy atom. The van der Waals surface area contributed by atoms with Crippen molar-refractivity contribution in [3.63, 3.8) is 0 Å². The molecule has 0 radical (unpaired) electrons. The second kappa shape index (κ2) is 57.0. The number of aliphatic hydroxyl groups excluding tert-OH is 1. The highest BCUT2D eigenvalue weighted by molar-refractivity contribution is 7.47. The molecule has 17 nitrogen and oxygen atoms in total. The molecule has 0 amide bonds. The Kier molecular flexibility index (Phi) is 55.7. The minimum atomic E-state index is -4.95. The summed E-state index contributed by atoms with van der Waals surface area (Å²) < 4.78 is 68.1. The summed E-state index contributed by atoms with van der Waals surface area (Å²) in [5.74, 6) is 0.868. The number of carbonyl (C=O) groups is 4. The molecule has 510 valence electrons. The zero-order valence-corrected chi connectivity index (χ0v) is 57.7. The monoisotopic (exact) mass is 1270 g/mol. The van der Waals surface area contributed by atoms with Crippen LogP contribution in [0.3, 0.4) is 0 Å². The number of ether oxygens (including phenoxy) is 4. The SMILES string of the molecule is CCC(C)CCCCCCCCCCCCC(=O)O[C@H](COC(=O)CCCCCCCCCC(C)C)COP(=O)(O)OCC(O)COP(=O)(O)OC[C@@H](COC(=O)CCCCCCCCCCC(C)CC)OC(=O)CCCCCCCCC(C)CC. The Balaban J connectivity index is 5.26. The summed E-state index contributed by atoms with van der Waals surface area (Å²) in [5.41, 5.74) is 0. The zero-order chi connectivity index (χ0) is 63.9. The molecule has 0 spiro atoms. The fourth-order valence-corrected chi connectivity index (χ4v) is 11.4. The van der Waals surface area contributed by atoms with Crippen LogP contribution >= 0.6 is 15.6 Å². The molecule has 0 saturated heterocycles. The van der Waals surface area contributed by atoms with Crippen LogP contribution in [0, 0.1) is 23.7 Å². The Labute approximate surface area is 524 Å². The topological polar surface area (TPSA) is 237 Å². The van der Waals surface area contributed by atoms with E-state index >= 15 is 0 Å². The van der Waals surface area contributed by atoms with Crippen LogP contribution in [0.2, 0.25) is 0 Å². The summed E-state index contributed by atoms with van der Waals surface area (Å²) >= 11 is 0. The predicted molar refractivity (Wildman–Crippen MR) is 344 cm³/mol. The van der Waals surface area contributed by atoms with Crippen molar-refractivity contribution in [2.45, 2.75) is 343 Å². The van der Waals surface area contributed by atoms with E-state index in [4.69, 9.17) is 37.0 Å². The highest BCUT2D eigenvalue weighted by Crippen LogP contribution is 2.45.